The molecule has 0 amide bonds. The van der Waals surface area contributed by atoms with E-state index in [4.69, 9.17) is 21.7 Å². The number of ether oxygens (including phenoxy) is 2. The van der Waals surface area contributed by atoms with E-state index in [0.717, 1.165) is 36.5 Å². The van der Waals surface area contributed by atoms with Crippen LogP contribution in [0.1, 0.15) is 31.2 Å². The van der Waals surface area contributed by atoms with Gasteiger partial charge < -0.3 is 19.7 Å². The van der Waals surface area contributed by atoms with Crippen LogP contribution in [0, 0.1) is 12.7 Å². The first-order valence-electron chi connectivity index (χ1n) is 9.66. The van der Waals surface area contributed by atoms with E-state index in [0.29, 0.717) is 33.6 Å². The number of nitrogens with zero attached hydrogens (tertiary/aromatic N) is 2. The molecule has 0 atom stereocenters. The summed E-state index contributed by atoms with van der Waals surface area (Å²) in [6.07, 6.45) is 0. The molecule has 1 N–H and O–H groups in total. The van der Waals surface area contributed by atoms with Gasteiger partial charge in [0.25, 0.3) is 0 Å². The van der Waals surface area contributed by atoms with Gasteiger partial charge in [0.1, 0.15) is 15.7 Å². The van der Waals surface area contributed by atoms with Gasteiger partial charge in [-0.1, -0.05) is 12.1 Å². The first-order chi connectivity index (χ1) is 14.8. The van der Waals surface area contributed by atoms with Gasteiger partial charge in [-0.25, -0.2) is 14.0 Å². The molecular weight excluding hydrogens is 441 g/mol. The lowest BCUT2D eigenvalue weighted by Crippen LogP contribution is -2.49. The van der Waals surface area contributed by atoms with E-state index >= 15 is 0 Å². The molecule has 1 aliphatic heterocycles. The van der Waals surface area contributed by atoms with Crippen molar-refractivity contribution in [2.24, 2.45) is 0 Å². The second-order valence-electron chi connectivity index (χ2n) is 7.06. The number of hydrogen-bond acceptors (Lipinski definition) is 7. The number of thiocarbonyl (C=S) groups is 1. The molecule has 1 saturated heterocycles. The van der Waals surface area contributed by atoms with E-state index in [1.807, 2.05) is 4.90 Å². The van der Waals surface area contributed by atoms with Crippen molar-refractivity contribution in [3.8, 4) is 0 Å². The second kappa shape index (κ2) is 10.2. The first kappa shape index (κ1) is 23.1. The molecule has 2 aromatic rings. The van der Waals surface area contributed by atoms with Crippen molar-refractivity contribution in [1.82, 2.24) is 9.80 Å². The highest BCUT2D eigenvalue weighted by Crippen LogP contribution is 2.34. The number of carbonyl (C=O) groups is 2. The fourth-order valence-corrected chi connectivity index (χ4v) is 4.83. The zero-order chi connectivity index (χ0) is 22.5. The monoisotopic (exact) mass is 465 g/mol. The number of piperazine rings is 1. The molecule has 1 aromatic heterocycles. The van der Waals surface area contributed by atoms with E-state index in [9.17, 15) is 14.0 Å². The zero-order valence-corrected chi connectivity index (χ0v) is 19.2. The van der Waals surface area contributed by atoms with Crippen LogP contribution in [0.4, 0.5) is 9.39 Å². The predicted molar refractivity (Wildman–Crippen MR) is 121 cm³/mol. The maximum Gasteiger partial charge on any atom is 0.348 e. The molecule has 0 saturated carbocycles. The fraction of sp³-hybridized carbons (Fsp3) is 0.381. The van der Waals surface area contributed by atoms with E-state index in [1.165, 1.54) is 26.4 Å². The molecule has 31 heavy (non-hydrogen) atoms. The number of hydrogen-bond donors (Lipinski definition) is 1. The topological polar surface area (TPSA) is 71.1 Å². The number of halogens is 1. The number of rotatable bonds is 5. The summed E-state index contributed by atoms with van der Waals surface area (Å²) in [5, 5.41) is 4.05. The molecule has 0 radical (unpaired) electrons. The minimum absolute atomic E-state index is 0.240. The van der Waals surface area contributed by atoms with E-state index in [2.05, 4.69) is 10.2 Å². The van der Waals surface area contributed by atoms with Gasteiger partial charge in [-0.2, -0.15) is 0 Å². The van der Waals surface area contributed by atoms with E-state index in [1.54, 1.807) is 19.1 Å². The third-order valence-corrected chi connectivity index (χ3v) is 6.65. The lowest BCUT2D eigenvalue weighted by Gasteiger charge is -2.36. The summed E-state index contributed by atoms with van der Waals surface area (Å²) < 4.78 is 22.8. The van der Waals surface area contributed by atoms with Gasteiger partial charge in [0, 0.05) is 32.7 Å². The molecule has 10 heteroatoms. The first-order valence-corrected chi connectivity index (χ1v) is 10.9. The number of nitrogens with one attached hydrogen (secondary N) is 1. The third kappa shape index (κ3) is 5.38. The molecule has 166 valence electrons. The fourth-order valence-electron chi connectivity index (χ4n) is 3.37. The smallest absolute Gasteiger partial charge is 0.348 e. The Hall–Kier alpha value is -2.56. The Bertz CT molecular complexity index is 970. The predicted octanol–water partition coefficient (Wildman–Crippen LogP) is 3.28. The van der Waals surface area contributed by atoms with Gasteiger partial charge in [-0.05, 0) is 42.4 Å². The van der Waals surface area contributed by atoms with Crippen molar-refractivity contribution >= 4 is 45.6 Å². The average Bonchev–Trinajstić information content (AvgIpc) is 3.10. The molecular formula is C21H24FN3O4S2. The van der Waals surface area contributed by atoms with Crippen molar-refractivity contribution in [3.05, 3.63) is 51.7 Å². The SMILES string of the molecule is COC(=O)c1sc(NC(=S)N2CCN(Cc3ccc(F)cc3)CC2)c(C(=O)OC)c1C. The van der Waals surface area contributed by atoms with Gasteiger partial charge in [0.15, 0.2) is 5.11 Å². The Morgan fingerprint density at radius 1 is 1.10 bits per heavy atom. The molecule has 1 aliphatic rings. The highest BCUT2D eigenvalue weighted by Gasteiger charge is 2.27. The Balaban J connectivity index is 1.65. The van der Waals surface area contributed by atoms with E-state index < -0.39 is 11.9 Å². The molecule has 0 spiro atoms. The molecule has 7 nitrogen and oxygen atoms in total. The van der Waals surface area contributed by atoms with Crippen LogP contribution in [0.3, 0.4) is 0 Å². The van der Waals surface area contributed by atoms with Crippen LogP contribution in [0.2, 0.25) is 0 Å². The van der Waals surface area contributed by atoms with Crippen molar-refractivity contribution in [1.29, 1.82) is 0 Å². The Kier molecular flexibility index (Phi) is 7.58. The highest BCUT2D eigenvalue weighted by atomic mass is 32.1. The normalized spacial score (nSPS) is 14.3. The highest BCUT2D eigenvalue weighted by molar-refractivity contribution is 7.80. The number of carbonyl (C=O) groups excluding carboxylic acids is 2. The van der Waals surface area contributed by atoms with Crippen LogP contribution in [-0.2, 0) is 16.0 Å². The molecule has 0 aliphatic carbocycles. The average molecular weight is 466 g/mol. The molecule has 3 rings (SSSR count). The van der Waals surface area contributed by atoms with Crippen LogP contribution >= 0.6 is 23.6 Å². The molecule has 0 bridgehead atoms. The third-order valence-electron chi connectivity index (χ3n) is 5.11. The summed E-state index contributed by atoms with van der Waals surface area (Å²) in [6.45, 7) is 5.41. The maximum atomic E-state index is 13.1. The van der Waals surface area contributed by atoms with Gasteiger partial charge >= 0.3 is 11.9 Å². The summed E-state index contributed by atoms with van der Waals surface area (Å²) in [5.41, 5.74) is 1.84. The van der Waals surface area contributed by atoms with E-state index in [-0.39, 0.29) is 11.4 Å². The van der Waals surface area contributed by atoms with Gasteiger partial charge in [-0.15, -0.1) is 11.3 Å². The summed E-state index contributed by atoms with van der Waals surface area (Å²) in [5.74, 6) is -1.30. The molecule has 1 fully saturated rings. The van der Waals surface area contributed by atoms with Crippen LogP contribution in [0.5, 0.6) is 0 Å². The van der Waals surface area contributed by atoms with Crippen molar-refractivity contribution in [2.45, 2.75) is 13.5 Å². The molecule has 2 heterocycles. The summed E-state index contributed by atoms with van der Waals surface area (Å²) >= 11 is 6.68. The lowest BCUT2D eigenvalue weighted by molar-refractivity contribution is 0.0601. The largest absolute Gasteiger partial charge is 0.465 e. The Morgan fingerprint density at radius 3 is 2.29 bits per heavy atom. The molecule has 0 unspecified atom stereocenters. The van der Waals surface area contributed by atoms with Gasteiger partial charge in [0.05, 0.1) is 19.8 Å². The second-order valence-corrected chi connectivity index (χ2v) is 8.47. The Labute approximate surface area is 189 Å². The number of thiophene rings is 1. The van der Waals surface area contributed by atoms with Crippen LogP contribution < -0.4 is 5.32 Å². The minimum atomic E-state index is -0.543. The summed E-state index contributed by atoms with van der Waals surface area (Å²) in [6, 6.07) is 6.52. The number of benzene rings is 1. The molecule has 1 aromatic carbocycles. The van der Waals surface area contributed by atoms with Crippen LogP contribution in [0.15, 0.2) is 24.3 Å². The van der Waals surface area contributed by atoms with Crippen molar-refractivity contribution in [3.63, 3.8) is 0 Å². The summed E-state index contributed by atoms with van der Waals surface area (Å²) in [7, 11) is 2.59. The van der Waals surface area contributed by atoms with Crippen molar-refractivity contribution in [2.75, 3.05) is 45.7 Å². The minimum Gasteiger partial charge on any atom is -0.465 e. The van der Waals surface area contributed by atoms with Gasteiger partial charge in [-0.3, -0.25) is 4.90 Å². The Morgan fingerprint density at radius 2 is 1.71 bits per heavy atom. The number of methoxy groups -OCH3 is 2. The van der Waals surface area contributed by atoms with Crippen LogP contribution in [0.25, 0.3) is 0 Å². The van der Waals surface area contributed by atoms with Gasteiger partial charge in [0.2, 0.25) is 0 Å². The number of anilines is 1. The quantitative estimate of drug-likeness (QED) is 0.533. The lowest BCUT2D eigenvalue weighted by atomic mass is 10.1. The van der Waals surface area contributed by atoms with Crippen LogP contribution in [-0.4, -0.2) is 67.2 Å². The summed E-state index contributed by atoms with van der Waals surface area (Å²) in [4.78, 5) is 28.9. The number of esters is 2. The van der Waals surface area contributed by atoms with Crippen molar-refractivity contribution < 1.29 is 23.5 Å². The standard InChI is InChI=1S/C21H24FN3O4S2/c1-13-16(19(26)28-2)18(31-17(13)20(27)29-3)23-21(30)25-10-8-24(9-11-25)12-14-4-6-15(22)7-5-14/h4-7H,8-12H2,1-3H3,(H,23,30). The zero-order valence-electron chi connectivity index (χ0n) is 17.6. The maximum absolute atomic E-state index is 13.1.